The minimum Gasteiger partial charge on any atom is -0.375 e. The van der Waals surface area contributed by atoms with E-state index in [9.17, 15) is 4.39 Å². The van der Waals surface area contributed by atoms with Crippen LogP contribution in [-0.2, 0) is 0 Å². The first-order valence-corrected chi connectivity index (χ1v) is 7.55. The average molecular weight is 369 g/mol. The van der Waals surface area contributed by atoms with E-state index >= 15 is 0 Å². The van der Waals surface area contributed by atoms with E-state index in [1.165, 1.54) is 12.1 Å². The predicted molar refractivity (Wildman–Crippen MR) is 80.5 cm³/mol. The molecule has 1 nitrogen and oxygen atoms in total. The first-order valence-electron chi connectivity index (χ1n) is 5.12. The second-order valence-corrected chi connectivity index (χ2v) is 6.45. The van der Waals surface area contributed by atoms with Gasteiger partial charge in [0.15, 0.2) is 0 Å². The molecule has 1 N–H and O–H groups in total. The van der Waals surface area contributed by atoms with Crippen LogP contribution in [0.25, 0.3) is 0 Å². The predicted octanol–water partition coefficient (Wildman–Crippen LogP) is 6.13. The normalized spacial score (nSPS) is 12.5. The molecule has 6 heteroatoms. The Morgan fingerprint density at radius 2 is 1.89 bits per heavy atom. The molecular formula is C12H9BrCl2FNS. The van der Waals surface area contributed by atoms with E-state index < -0.39 is 5.82 Å². The van der Waals surface area contributed by atoms with Crippen molar-refractivity contribution in [2.45, 2.75) is 13.0 Å². The Balaban J connectivity index is 2.24. The van der Waals surface area contributed by atoms with Gasteiger partial charge in [0.25, 0.3) is 0 Å². The Kier molecular flexibility index (Phi) is 4.54. The maximum absolute atomic E-state index is 13.1. The summed E-state index contributed by atoms with van der Waals surface area (Å²) in [4.78, 5) is 1.14. The van der Waals surface area contributed by atoms with Gasteiger partial charge < -0.3 is 5.32 Å². The van der Waals surface area contributed by atoms with Crippen molar-refractivity contribution in [3.8, 4) is 0 Å². The molecule has 0 saturated carbocycles. The number of thiophene rings is 1. The van der Waals surface area contributed by atoms with Crippen LogP contribution >= 0.6 is 50.5 Å². The van der Waals surface area contributed by atoms with Crippen molar-refractivity contribution in [3.05, 3.63) is 48.8 Å². The second kappa shape index (κ2) is 5.78. The smallest absolute Gasteiger partial charge is 0.126 e. The van der Waals surface area contributed by atoms with Gasteiger partial charge in [-0.3, -0.25) is 0 Å². The zero-order chi connectivity index (χ0) is 13.3. The van der Waals surface area contributed by atoms with E-state index in [0.29, 0.717) is 5.69 Å². The molecular weight excluding hydrogens is 360 g/mol. The summed E-state index contributed by atoms with van der Waals surface area (Å²) in [5.74, 6) is -0.443. The van der Waals surface area contributed by atoms with Crippen LogP contribution in [0, 0.1) is 5.82 Å². The van der Waals surface area contributed by atoms with Gasteiger partial charge in [-0.2, -0.15) is 0 Å². The van der Waals surface area contributed by atoms with Gasteiger partial charge in [0.2, 0.25) is 0 Å². The lowest BCUT2D eigenvalue weighted by molar-refractivity contribution is 0.628. The summed E-state index contributed by atoms with van der Waals surface area (Å²) >= 11 is 17.0. The molecule has 0 bridgehead atoms. The second-order valence-electron chi connectivity index (χ2n) is 3.78. The lowest BCUT2D eigenvalue weighted by Gasteiger charge is -2.16. The number of benzene rings is 1. The van der Waals surface area contributed by atoms with Crippen molar-refractivity contribution in [2.24, 2.45) is 0 Å². The van der Waals surface area contributed by atoms with Gasteiger partial charge in [-0.05, 0) is 41.1 Å². The first kappa shape index (κ1) is 14.1. The Hall–Kier alpha value is -0.290. The van der Waals surface area contributed by atoms with E-state index in [1.54, 1.807) is 11.3 Å². The van der Waals surface area contributed by atoms with Gasteiger partial charge in [-0.1, -0.05) is 23.2 Å². The van der Waals surface area contributed by atoms with Crippen molar-refractivity contribution in [3.63, 3.8) is 0 Å². The van der Waals surface area contributed by atoms with Crippen LogP contribution in [0.4, 0.5) is 10.1 Å². The largest absolute Gasteiger partial charge is 0.375 e. The Bertz CT molecular complexity index is 550. The molecule has 0 aliphatic heterocycles. The van der Waals surface area contributed by atoms with Gasteiger partial charge in [-0.25, -0.2) is 4.39 Å². The van der Waals surface area contributed by atoms with Gasteiger partial charge in [-0.15, -0.1) is 11.3 Å². The number of hydrogen-bond acceptors (Lipinski definition) is 2. The van der Waals surface area contributed by atoms with Crippen LogP contribution < -0.4 is 5.32 Å². The molecule has 0 aliphatic rings. The van der Waals surface area contributed by atoms with Crippen LogP contribution in [0.1, 0.15) is 17.8 Å². The summed E-state index contributed by atoms with van der Waals surface area (Å²) < 4.78 is 14.1. The zero-order valence-corrected chi connectivity index (χ0v) is 13.2. The van der Waals surface area contributed by atoms with Crippen LogP contribution in [0.15, 0.2) is 28.1 Å². The third kappa shape index (κ3) is 3.18. The van der Waals surface area contributed by atoms with Crippen molar-refractivity contribution in [1.82, 2.24) is 0 Å². The summed E-state index contributed by atoms with van der Waals surface area (Å²) in [6.45, 7) is 1.99. The highest BCUT2D eigenvalue weighted by Gasteiger charge is 2.13. The van der Waals surface area contributed by atoms with Gasteiger partial charge >= 0.3 is 0 Å². The molecule has 1 unspecified atom stereocenters. The van der Waals surface area contributed by atoms with E-state index in [0.717, 1.165) is 9.35 Å². The van der Waals surface area contributed by atoms with Crippen LogP contribution in [0.5, 0.6) is 0 Å². The fraction of sp³-hybridized carbons (Fsp3) is 0.167. The SMILES string of the molecule is CC(Nc1c(Cl)cc(F)cc1Cl)c1cc(Br)cs1. The molecule has 1 aromatic heterocycles. The minimum atomic E-state index is -0.443. The van der Waals surface area contributed by atoms with Crippen LogP contribution in [0.3, 0.4) is 0 Å². The van der Waals surface area contributed by atoms with E-state index in [4.69, 9.17) is 23.2 Å². The molecule has 1 aromatic carbocycles. The molecule has 1 atom stereocenters. The Morgan fingerprint density at radius 1 is 1.28 bits per heavy atom. The number of nitrogens with one attached hydrogen (secondary N) is 1. The molecule has 1 heterocycles. The highest BCUT2D eigenvalue weighted by atomic mass is 79.9. The summed E-state index contributed by atoms with van der Waals surface area (Å²) in [5.41, 5.74) is 0.553. The summed E-state index contributed by atoms with van der Waals surface area (Å²) in [5, 5.41) is 5.76. The maximum Gasteiger partial charge on any atom is 0.126 e. The minimum absolute atomic E-state index is 0.0433. The molecule has 2 aromatic rings. The summed E-state index contributed by atoms with van der Waals surface area (Å²) in [6.07, 6.45) is 0. The van der Waals surface area contributed by atoms with Crippen molar-refractivity contribution >= 4 is 56.2 Å². The lowest BCUT2D eigenvalue weighted by atomic mass is 10.2. The third-order valence-corrected chi connectivity index (χ3v) is 4.85. The highest BCUT2D eigenvalue weighted by molar-refractivity contribution is 9.10. The standard InChI is InChI=1S/C12H9BrCl2FNS/c1-6(11-2-7(13)5-18-11)17-12-9(14)3-8(16)4-10(12)15/h2-6,17H,1H3. The Labute approximate surface area is 127 Å². The fourth-order valence-corrected chi connectivity index (χ4v) is 3.55. The van der Waals surface area contributed by atoms with E-state index in [1.807, 2.05) is 18.4 Å². The first-order chi connectivity index (χ1) is 8.47. The molecule has 0 saturated heterocycles. The number of anilines is 1. The molecule has 0 spiro atoms. The third-order valence-electron chi connectivity index (χ3n) is 2.38. The van der Waals surface area contributed by atoms with Crippen LogP contribution in [0.2, 0.25) is 10.0 Å². The van der Waals surface area contributed by atoms with Crippen molar-refractivity contribution in [2.75, 3.05) is 5.32 Å². The maximum atomic E-state index is 13.1. The zero-order valence-electron chi connectivity index (χ0n) is 9.31. The molecule has 18 heavy (non-hydrogen) atoms. The fourth-order valence-electron chi connectivity index (χ4n) is 1.52. The molecule has 0 fully saturated rings. The van der Waals surface area contributed by atoms with Crippen molar-refractivity contribution < 1.29 is 4.39 Å². The summed E-state index contributed by atoms with van der Waals surface area (Å²) in [6, 6.07) is 4.55. The molecule has 0 aliphatic carbocycles. The summed E-state index contributed by atoms with van der Waals surface area (Å²) in [7, 11) is 0. The number of halogens is 4. The average Bonchev–Trinajstić information content (AvgIpc) is 2.70. The quantitative estimate of drug-likeness (QED) is 0.687. The number of rotatable bonds is 3. The van der Waals surface area contributed by atoms with Gasteiger partial charge in [0.1, 0.15) is 5.82 Å². The topological polar surface area (TPSA) is 12.0 Å². The highest BCUT2D eigenvalue weighted by Crippen LogP contribution is 2.35. The van der Waals surface area contributed by atoms with Gasteiger partial charge in [0.05, 0.1) is 21.8 Å². The lowest BCUT2D eigenvalue weighted by Crippen LogP contribution is -2.06. The Morgan fingerprint density at radius 3 is 2.39 bits per heavy atom. The molecule has 0 radical (unpaired) electrons. The van der Waals surface area contributed by atoms with Crippen molar-refractivity contribution in [1.29, 1.82) is 0 Å². The number of hydrogen-bond donors (Lipinski definition) is 1. The molecule has 96 valence electrons. The van der Waals surface area contributed by atoms with E-state index in [2.05, 4.69) is 21.2 Å². The molecule has 2 rings (SSSR count). The van der Waals surface area contributed by atoms with Gasteiger partial charge in [0, 0.05) is 14.7 Å². The van der Waals surface area contributed by atoms with E-state index in [-0.39, 0.29) is 16.1 Å². The molecule has 0 amide bonds. The van der Waals surface area contributed by atoms with Crippen LogP contribution in [-0.4, -0.2) is 0 Å². The monoisotopic (exact) mass is 367 g/mol.